The van der Waals surface area contributed by atoms with Crippen molar-refractivity contribution < 1.29 is 72.3 Å². The second-order valence-electron chi connectivity index (χ2n) is 12.2. The lowest BCUT2D eigenvalue weighted by Crippen LogP contribution is -2.20. The third-order valence-corrected chi connectivity index (χ3v) is 11.7. The van der Waals surface area contributed by atoms with Crippen molar-refractivity contribution >= 4 is 40.5 Å². The molecule has 0 spiro atoms. The molecule has 0 unspecified atom stereocenters. The standard InChI is InChI=1S/C32H24O20S4/c33-25-13-1-14-6-22(54(44,45)46)8-16(28(36)26(14)34)3-18-10-24(56(50,51)52)12-20(32(40)30(18)38)4-19-11-23(55(47,48)49)9-17(29(37)31(19)39)2-15(27(25)35)7-21(5-13)53(41,42)43/h5-12H,1-4H2,(H,33,35)(H,34,36)(H,37,39)(H,38,40)(H,41,42,43)(H,44,45,46)(H,47,48,49)(H,50,51,52)/p-4. The minimum absolute atomic E-state index is 0.317. The van der Waals surface area contributed by atoms with Crippen LogP contribution in [-0.4, -0.2) is 51.9 Å². The second-order valence-corrected chi connectivity index (χ2v) is 17.9. The second kappa shape index (κ2) is 14.2. The van der Waals surface area contributed by atoms with Gasteiger partial charge < -0.3 is 20.4 Å². The van der Waals surface area contributed by atoms with E-state index in [9.17, 15) is 91.5 Å². The van der Waals surface area contributed by atoms with Gasteiger partial charge in [-0.25, -0.2) is 0 Å². The molecule has 24 heteroatoms. The molecule has 0 atom stereocenters. The van der Waals surface area contributed by atoms with Crippen LogP contribution in [0.3, 0.4) is 0 Å². The fourth-order valence-corrected chi connectivity index (χ4v) is 8.03. The van der Waals surface area contributed by atoms with Crippen molar-refractivity contribution in [3.05, 3.63) is 134 Å². The van der Waals surface area contributed by atoms with Crippen molar-refractivity contribution in [1.82, 2.24) is 0 Å². The molecule has 0 saturated heterocycles. The van der Waals surface area contributed by atoms with Crippen LogP contribution >= 0.6 is 0 Å². The molecule has 296 valence electrons. The zero-order valence-electron chi connectivity index (χ0n) is 27.4. The molecule has 0 heterocycles. The van der Waals surface area contributed by atoms with Gasteiger partial charge in [0.15, 0.2) is 21.7 Å². The van der Waals surface area contributed by atoms with E-state index < -0.39 is 175 Å². The summed E-state index contributed by atoms with van der Waals surface area (Å²) in [5, 5.41) is 54.0. The van der Waals surface area contributed by atoms with Crippen molar-refractivity contribution in [2.75, 3.05) is 0 Å². The van der Waals surface area contributed by atoms with Crippen LogP contribution in [0.2, 0.25) is 0 Å². The zero-order chi connectivity index (χ0) is 42.0. The van der Waals surface area contributed by atoms with Crippen LogP contribution in [0.5, 0.6) is 23.0 Å². The van der Waals surface area contributed by atoms with Crippen molar-refractivity contribution in [3.63, 3.8) is 0 Å². The van der Waals surface area contributed by atoms with E-state index in [4.69, 9.17) is 0 Å². The summed E-state index contributed by atoms with van der Waals surface area (Å²) in [6.45, 7) is 0. The van der Waals surface area contributed by atoms with Crippen LogP contribution in [0.25, 0.3) is 0 Å². The molecule has 0 radical (unpaired) electrons. The molecule has 0 amide bonds. The van der Waals surface area contributed by atoms with Crippen LogP contribution in [0.4, 0.5) is 0 Å². The highest BCUT2D eigenvalue weighted by molar-refractivity contribution is 7.86. The highest BCUT2D eigenvalue weighted by Gasteiger charge is 2.22. The number of hydrogen-bond acceptors (Lipinski definition) is 16. The Kier molecular flexibility index (Phi) is 10.5. The van der Waals surface area contributed by atoms with E-state index in [0.29, 0.717) is 48.5 Å². The van der Waals surface area contributed by atoms with Gasteiger partial charge in [0.25, 0.3) is 40.5 Å². The van der Waals surface area contributed by atoms with Gasteiger partial charge in [-0.1, -0.05) is 23.0 Å². The Hall–Kier alpha value is -5.60. The lowest BCUT2D eigenvalue weighted by Gasteiger charge is -2.15. The molecule has 56 heavy (non-hydrogen) atoms. The quantitative estimate of drug-likeness (QED) is 0.132. The van der Waals surface area contributed by atoms with Gasteiger partial charge in [-0.2, -0.15) is 33.7 Å². The smallest absolute Gasteiger partial charge is 0.294 e. The normalized spacial score (nSPS) is 13.5. The maximum Gasteiger partial charge on any atom is 0.294 e. The molecular formula is C32H20O20S4-4. The number of fused-ring (bicyclic) bond motifs is 12. The van der Waals surface area contributed by atoms with Gasteiger partial charge >= 0.3 is 0 Å². The van der Waals surface area contributed by atoms with E-state index in [0.717, 1.165) is 0 Å². The first-order chi connectivity index (χ1) is 25.6. The van der Waals surface area contributed by atoms with E-state index in [2.05, 4.69) is 0 Å². The van der Waals surface area contributed by atoms with Gasteiger partial charge in [0.05, 0.1) is 19.6 Å². The van der Waals surface area contributed by atoms with Crippen LogP contribution in [0.1, 0.15) is 44.5 Å². The summed E-state index contributed by atoms with van der Waals surface area (Å²) in [4.78, 5) is 48.9. The fourth-order valence-electron chi connectivity index (χ4n) is 5.70. The number of hydrogen-bond donors (Lipinski definition) is 4. The lowest BCUT2D eigenvalue weighted by molar-refractivity contribution is -0.272. The zero-order valence-corrected chi connectivity index (χ0v) is 30.7. The molecule has 4 aromatic rings. The topological polar surface area (TPSA) is 378 Å². The van der Waals surface area contributed by atoms with E-state index in [1.54, 1.807) is 0 Å². The third kappa shape index (κ3) is 8.31. The molecule has 4 N–H and O–H groups in total. The van der Waals surface area contributed by atoms with Crippen LogP contribution in [-0.2, 0) is 66.2 Å². The van der Waals surface area contributed by atoms with Gasteiger partial charge in [0.2, 0.25) is 0 Å². The van der Waals surface area contributed by atoms with E-state index >= 15 is 0 Å². The van der Waals surface area contributed by atoms with Gasteiger partial charge in [-0.15, -0.1) is 0 Å². The molecule has 0 aliphatic heterocycles. The first-order valence-corrected chi connectivity index (χ1v) is 20.7. The molecule has 1 aliphatic rings. The number of rotatable bonds is 4. The molecule has 0 saturated carbocycles. The highest BCUT2D eigenvalue weighted by Crippen LogP contribution is 2.28. The summed E-state index contributed by atoms with van der Waals surface area (Å²) < 4.78 is 139. The summed E-state index contributed by atoms with van der Waals surface area (Å²) in [7, 11) is -21.8. The maximum atomic E-state index is 13.5. The SMILES string of the molecule is O=c1c2cc(S(=O)(=O)O)cc(c1[O-])Cc1cc(S(=O)(=O)O)cc(c(=O)c1[O-])Cc1cc(S(=O)(=O)O)cc(c([O-])c1=O)Cc1cc(S(=O)(=O)O)cc(c(=O)c1[O-])C2. The van der Waals surface area contributed by atoms with Gasteiger partial charge in [0, 0.05) is 35.1 Å². The summed E-state index contributed by atoms with van der Waals surface area (Å²) in [6, 6.07) is 2.54. The van der Waals surface area contributed by atoms with Gasteiger partial charge in [-0.3, -0.25) is 37.4 Å². The van der Waals surface area contributed by atoms with Crippen LogP contribution in [0, 0.1) is 0 Å². The molecule has 0 aromatic heterocycles. The molecule has 4 aromatic carbocycles. The summed E-state index contributed by atoms with van der Waals surface area (Å²) in [5.41, 5.74) is -15.2. The Labute approximate surface area is 313 Å². The molecule has 5 rings (SSSR count). The summed E-state index contributed by atoms with van der Waals surface area (Å²) in [6.07, 6.45) is -5.23. The fraction of sp³-hybridized carbons (Fsp3) is 0.125. The first kappa shape index (κ1) is 41.6. The van der Waals surface area contributed by atoms with Crippen molar-refractivity contribution in [2.45, 2.75) is 45.3 Å². The monoisotopic (exact) mass is 852 g/mol. The molecule has 1 aliphatic carbocycles. The van der Waals surface area contributed by atoms with Crippen LogP contribution in [0.15, 0.2) is 87.3 Å². The maximum absolute atomic E-state index is 13.5. The van der Waals surface area contributed by atoms with E-state index in [-0.39, 0.29) is 0 Å². The molecular weight excluding hydrogens is 833 g/mol. The Morgan fingerprint density at radius 1 is 0.321 bits per heavy atom. The average Bonchev–Trinajstić information content (AvgIpc) is 3.38. The Balaban J connectivity index is 2.08. The minimum atomic E-state index is -5.46. The lowest BCUT2D eigenvalue weighted by atomic mass is 10.0. The Morgan fingerprint density at radius 2 is 0.464 bits per heavy atom. The Bertz CT molecular complexity index is 2720. The molecule has 8 bridgehead atoms. The van der Waals surface area contributed by atoms with E-state index in [1.165, 1.54) is 0 Å². The van der Waals surface area contributed by atoms with Gasteiger partial charge in [-0.05, 0) is 83.6 Å². The average molecular weight is 853 g/mol. The largest absolute Gasteiger partial charge is 0.870 e. The summed E-state index contributed by atoms with van der Waals surface area (Å²) >= 11 is 0. The molecule has 0 fully saturated rings. The van der Waals surface area contributed by atoms with Crippen molar-refractivity contribution in [2.24, 2.45) is 0 Å². The first-order valence-electron chi connectivity index (χ1n) is 15.0. The van der Waals surface area contributed by atoms with Crippen molar-refractivity contribution in [3.8, 4) is 23.0 Å². The predicted molar refractivity (Wildman–Crippen MR) is 179 cm³/mol. The third-order valence-electron chi connectivity index (χ3n) is 8.41. The summed E-state index contributed by atoms with van der Waals surface area (Å²) in [5.74, 6) is -6.87. The predicted octanol–water partition coefficient (Wildman–Crippen LogP) is -2.91. The molecule has 20 nitrogen and oxygen atoms in total. The van der Waals surface area contributed by atoms with Crippen molar-refractivity contribution in [1.29, 1.82) is 0 Å². The Morgan fingerprint density at radius 3 is 0.625 bits per heavy atom. The van der Waals surface area contributed by atoms with Gasteiger partial charge in [0.1, 0.15) is 0 Å². The minimum Gasteiger partial charge on any atom is -0.870 e. The highest BCUT2D eigenvalue weighted by atomic mass is 32.2. The van der Waals surface area contributed by atoms with E-state index in [1.807, 2.05) is 0 Å². The van der Waals surface area contributed by atoms with Crippen LogP contribution < -0.4 is 42.1 Å².